The Morgan fingerprint density at radius 3 is 1.53 bits per heavy atom. The van der Waals surface area contributed by atoms with E-state index in [-0.39, 0.29) is 0 Å². The second-order valence-electron chi connectivity index (χ2n) is 12.5. The predicted octanol–water partition coefficient (Wildman–Crippen LogP) is 12.1. The highest BCUT2D eigenvalue weighted by molar-refractivity contribution is 6.20. The van der Waals surface area contributed by atoms with Crippen LogP contribution in [0.2, 0.25) is 0 Å². The predicted molar refractivity (Wildman–Crippen MR) is 190 cm³/mol. The number of fused-ring (bicyclic) bond motifs is 9. The average Bonchev–Trinajstić information content (AvgIpc) is 3.72. The van der Waals surface area contributed by atoms with Crippen molar-refractivity contribution in [1.29, 1.82) is 0 Å². The van der Waals surface area contributed by atoms with Gasteiger partial charge in [-0.25, -0.2) is 0 Å². The van der Waals surface area contributed by atoms with Gasteiger partial charge in [-0.05, 0) is 114 Å². The van der Waals surface area contributed by atoms with E-state index in [9.17, 15) is 0 Å². The van der Waals surface area contributed by atoms with Gasteiger partial charge in [-0.1, -0.05) is 115 Å². The minimum absolute atomic E-state index is 1.18. The molecule has 0 amide bonds. The fourth-order valence-corrected chi connectivity index (χ4v) is 8.30. The smallest absolute Gasteiger partial charge is 0.0547 e. The molecule has 0 bridgehead atoms. The largest absolute Gasteiger partial charge is 0.309 e. The van der Waals surface area contributed by atoms with Crippen molar-refractivity contribution >= 4 is 43.4 Å². The van der Waals surface area contributed by atoms with Gasteiger partial charge >= 0.3 is 0 Å². The quantitative estimate of drug-likeness (QED) is 0.196. The lowest BCUT2D eigenvalue weighted by molar-refractivity contribution is 1.18. The Morgan fingerprint density at radius 1 is 0.311 bits per heavy atom. The molecule has 0 unspecified atom stereocenters. The molecule has 0 saturated heterocycles. The number of aromatic nitrogens is 1. The molecule has 0 radical (unpaired) electrons. The van der Waals surface area contributed by atoms with Crippen LogP contribution in [0, 0.1) is 0 Å². The minimum Gasteiger partial charge on any atom is -0.309 e. The standard InChI is InChI=1S/C44H25N/c1-2-16-41-32(11-1)40-24-38-35-14-5-9-28-10-6-15-36(44(28)35)39(38)25-42(40)45(41)30-20-17-26(18-21-30)29-19-22-31-33-12-3-7-27-8-4-13-34(43(27)33)37(31)23-29/h1-25H. The highest BCUT2D eigenvalue weighted by Crippen LogP contribution is 2.50. The topological polar surface area (TPSA) is 4.93 Å². The van der Waals surface area contributed by atoms with Crippen LogP contribution < -0.4 is 0 Å². The molecule has 11 rings (SSSR count). The lowest BCUT2D eigenvalue weighted by Gasteiger charge is -2.11. The van der Waals surface area contributed by atoms with Crippen LogP contribution >= 0.6 is 0 Å². The lowest BCUT2D eigenvalue weighted by Crippen LogP contribution is -1.94. The Kier molecular flexibility index (Phi) is 4.38. The zero-order chi connectivity index (χ0) is 29.2. The van der Waals surface area contributed by atoms with Crippen molar-refractivity contribution in [2.45, 2.75) is 0 Å². The molecule has 0 fully saturated rings. The van der Waals surface area contributed by atoms with Crippen molar-refractivity contribution in [1.82, 2.24) is 4.57 Å². The molecule has 1 heterocycles. The van der Waals surface area contributed by atoms with Gasteiger partial charge in [0.2, 0.25) is 0 Å². The molecule has 9 aromatic rings. The van der Waals surface area contributed by atoms with Gasteiger partial charge in [-0.15, -0.1) is 0 Å². The van der Waals surface area contributed by atoms with Crippen LogP contribution in [0.15, 0.2) is 152 Å². The van der Waals surface area contributed by atoms with Crippen LogP contribution in [-0.2, 0) is 0 Å². The third-order valence-corrected chi connectivity index (χ3v) is 10.3. The van der Waals surface area contributed by atoms with Gasteiger partial charge in [-0.3, -0.25) is 0 Å². The fraction of sp³-hybridized carbons (Fsp3) is 0. The molecule has 2 aliphatic carbocycles. The van der Waals surface area contributed by atoms with E-state index < -0.39 is 0 Å². The van der Waals surface area contributed by atoms with Crippen molar-refractivity contribution in [2.24, 2.45) is 0 Å². The zero-order valence-corrected chi connectivity index (χ0v) is 24.4. The first-order valence-electron chi connectivity index (χ1n) is 15.7. The summed E-state index contributed by atoms with van der Waals surface area (Å²) in [6.07, 6.45) is 0. The van der Waals surface area contributed by atoms with Crippen LogP contribution in [0.25, 0.3) is 105 Å². The summed E-state index contributed by atoms with van der Waals surface area (Å²) in [6, 6.07) is 56.5. The molecule has 0 saturated carbocycles. The number of rotatable bonds is 2. The summed E-state index contributed by atoms with van der Waals surface area (Å²) in [4.78, 5) is 0. The number of hydrogen-bond acceptors (Lipinski definition) is 0. The maximum absolute atomic E-state index is 2.44. The number of nitrogens with zero attached hydrogens (tertiary/aromatic N) is 1. The molecule has 1 aromatic heterocycles. The molecular weight excluding hydrogens is 542 g/mol. The Labute approximate surface area is 260 Å². The van der Waals surface area contributed by atoms with Crippen molar-refractivity contribution in [3.63, 3.8) is 0 Å². The highest BCUT2D eigenvalue weighted by atomic mass is 15.0. The van der Waals surface area contributed by atoms with E-state index in [1.807, 2.05) is 0 Å². The summed E-state index contributed by atoms with van der Waals surface area (Å²) in [5.41, 5.74) is 16.8. The SMILES string of the molecule is c1cc2c3c(cccc3c1)-c1cc(-c3ccc(-n4c5ccccc5c5cc6c(cc54)-c4cccc5cccc-6c45)cc3)ccc1-2. The van der Waals surface area contributed by atoms with Crippen molar-refractivity contribution in [2.75, 3.05) is 0 Å². The number of para-hydroxylation sites is 1. The van der Waals surface area contributed by atoms with Gasteiger partial charge in [0.15, 0.2) is 0 Å². The van der Waals surface area contributed by atoms with E-state index in [0.717, 1.165) is 0 Å². The number of hydrogen-bond donors (Lipinski definition) is 0. The molecule has 1 heteroatoms. The van der Waals surface area contributed by atoms with E-state index in [0.29, 0.717) is 0 Å². The van der Waals surface area contributed by atoms with Gasteiger partial charge in [0.05, 0.1) is 11.0 Å². The average molecular weight is 568 g/mol. The van der Waals surface area contributed by atoms with Crippen LogP contribution in [0.4, 0.5) is 0 Å². The third-order valence-electron chi connectivity index (χ3n) is 10.3. The molecule has 206 valence electrons. The summed E-state index contributed by atoms with van der Waals surface area (Å²) >= 11 is 0. The molecule has 0 atom stereocenters. The van der Waals surface area contributed by atoms with Gasteiger partial charge in [-0.2, -0.15) is 0 Å². The van der Waals surface area contributed by atoms with Crippen LogP contribution in [-0.4, -0.2) is 4.57 Å². The maximum atomic E-state index is 2.44. The second kappa shape index (κ2) is 8.37. The minimum atomic E-state index is 1.18. The fourth-order valence-electron chi connectivity index (χ4n) is 8.30. The van der Waals surface area contributed by atoms with Crippen LogP contribution in [0.3, 0.4) is 0 Å². The van der Waals surface area contributed by atoms with Crippen LogP contribution in [0.5, 0.6) is 0 Å². The van der Waals surface area contributed by atoms with Gasteiger partial charge < -0.3 is 4.57 Å². The summed E-state index contributed by atoms with van der Waals surface area (Å²) in [5.74, 6) is 0. The first kappa shape index (κ1) is 23.5. The molecular formula is C44H25N. The molecule has 45 heavy (non-hydrogen) atoms. The normalized spacial score (nSPS) is 12.4. The molecule has 0 N–H and O–H groups in total. The van der Waals surface area contributed by atoms with Gasteiger partial charge in [0.1, 0.15) is 0 Å². The maximum Gasteiger partial charge on any atom is 0.0547 e. The van der Waals surface area contributed by atoms with Crippen molar-refractivity contribution in [3.05, 3.63) is 152 Å². The highest BCUT2D eigenvalue weighted by Gasteiger charge is 2.25. The number of benzene rings is 8. The summed E-state index contributed by atoms with van der Waals surface area (Å²) < 4.78 is 2.44. The van der Waals surface area contributed by atoms with Crippen LogP contribution in [0.1, 0.15) is 0 Å². The van der Waals surface area contributed by atoms with Gasteiger partial charge in [0, 0.05) is 16.5 Å². The molecule has 0 spiro atoms. The zero-order valence-electron chi connectivity index (χ0n) is 24.4. The lowest BCUT2D eigenvalue weighted by atomic mass is 9.97. The van der Waals surface area contributed by atoms with Crippen molar-refractivity contribution < 1.29 is 0 Å². The van der Waals surface area contributed by atoms with E-state index in [2.05, 4.69) is 156 Å². The third kappa shape index (κ3) is 3.02. The molecule has 2 aliphatic rings. The first-order valence-corrected chi connectivity index (χ1v) is 15.7. The Bertz CT molecular complexity index is 2730. The molecule has 8 aromatic carbocycles. The van der Waals surface area contributed by atoms with Crippen molar-refractivity contribution in [3.8, 4) is 61.3 Å². The Hall–Kier alpha value is -5.92. The summed E-state index contributed by atoms with van der Waals surface area (Å²) in [5, 5.41) is 7.95. The molecule has 1 nitrogen and oxygen atoms in total. The second-order valence-corrected chi connectivity index (χ2v) is 12.5. The van der Waals surface area contributed by atoms with E-state index in [4.69, 9.17) is 0 Å². The monoisotopic (exact) mass is 567 g/mol. The first-order chi connectivity index (χ1) is 22.3. The van der Waals surface area contributed by atoms with E-state index >= 15 is 0 Å². The van der Waals surface area contributed by atoms with E-state index in [1.165, 1.54) is 105 Å². The van der Waals surface area contributed by atoms with E-state index in [1.54, 1.807) is 0 Å². The Morgan fingerprint density at radius 2 is 0.867 bits per heavy atom. The summed E-state index contributed by atoms with van der Waals surface area (Å²) in [6.45, 7) is 0. The van der Waals surface area contributed by atoms with Gasteiger partial charge in [0.25, 0.3) is 0 Å². The molecule has 0 aliphatic heterocycles. The Balaban J connectivity index is 1.07. The summed E-state index contributed by atoms with van der Waals surface area (Å²) in [7, 11) is 0.